The van der Waals surface area contributed by atoms with Crippen molar-refractivity contribution in [2.75, 3.05) is 0 Å². The van der Waals surface area contributed by atoms with Crippen LogP contribution in [0.4, 0.5) is 4.79 Å². The van der Waals surface area contributed by atoms with E-state index in [1.807, 2.05) is 6.92 Å². The van der Waals surface area contributed by atoms with Crippen molar-refractivity contribution in [3.63, 3.8) is 0 Å². The molecule has 0 radical (unpaired) electrons. The van der Waals surface area contributed by atoms with Gasteiger partial charge in [0.05, 0.1) is 18.2 Å². The topological polar surface area (TPSA) is 78.8 Å². The average molecular weight is 245 g/mol. The van der Waals surface area contributed by atoms with Crippen LogP contribution in [0, 0.1) is 5.92 Å². The number of aliphatic hydroxyl groups excluding tert-OH is 2. The molecule has 1 fully saturated rings. The highest BCUT2D eigenvalue weighted by atomic mass is 16.6. The van der Waals surface area contributed by atoms with Gasteiger partial charge in [-0.2, -0.15) is 0 Å². The van der Waals surface area contributed by atoms with Crippen LogP contribution in [-0.4, -0.2) is 40.2 Å². The predicted octanol–water partition coefficient (Wildman–Crippen LogP) is 1.03. The molecule has 0 aromatic heterocycles. The minimum atomic E-state index is -0.714. The van der Waals surface area contributed by atoms with Gasteiger partial charge < -0.3 is 20.3 Å². The van der Waals surface area contributed by atoms with Crippen LogP contribution in [0.3, 0.4) is 0 Å². The molecule has 5 nitrogen and oxygen atoms in total. The lowest BCUT2D eigenvalue weighted by atomic mass is 9.83. The summed E-state index contributed by atoms with van der Waals surface area (Å²) >= 11 is 0. The molecule has 0 spiro atoms. The molecule has 0 aromatic carbocycles. The van der Waals surface area contributed by atoms with E-state index < -0.39 is 23.9 Å². The van der Waals surface area contributed by atoms with Gasteiger partial charge >= 0.3 is 6.09 Å². The van der Waals surface area contributed by atoms with E-state index in [1.54, 1.807) is 20.8 Å². The first-order valence-electron chi connectivity index (χ1n) is 6.04. The maximum atomic E-state index is 11.6. The normalized spacial score (nSPS) is 34.2. The highest BCUT2D eigenvalue weighted by molar-refractivity contribution is 5.68. The third kappa shape index (κ3) is 4.52. The Balaban J connectivity index is 2.48. The molecule has 1 rings (SSSR count). The van der Waals surface area contributed by atoms with Gasteiger partial charge in [-0.3, -0.25) is 0 Å². The summed E-state index contributed by atoms with van der Waals surface area (Å²) < 4.78 is 5.13. The number of alkyl carbamates (subject to hydrolysis) is 1. The highest BCUT2D eigenvalue weighted by Gasteiger charge is 2.34. The number of hydrogen-bond donors (Lipinski definition) is 3. The van der Waals surface area contributed by atoms with Crippen LogP contribution in [0.1, 0.15) is 40.5 Å². The minimum Gasteiger partial charge on any atom is -0.444 e. The van der Waals surface area contributed by atoms with Crippen LogP contribution >= 0.6 is 0 Å². The Hall–Kier alpha value is -0.810. The lowest BCUT2D eigenvalue weighted by Gasteiger charge is -2.35. The van der Waals surface area contributed by atoms with E-state index in [0.29, 0.717) is 12.8 Å². The number of ether oxygens (including phenoxy) is 1. The Labute approximate surface area is 102 Å². The third-order valence-electron chi connectivity index (χ3n) is 2.93. The average Bonchev–Trinajstić information content (AvgIpc) is 2.11. The summed E-state index contributed by atoms with van der Waals surface area (Å²) in [5.74, 6) is 0.0679. The van der Waals surface area contributed by atoms with Gasteiger partial charge in [-0.15, -0.1) is 0 Å². The molecule has 1 amide bonds. The Morgan fingerprint density at radius 3 is 2.35 bits per heavy atom. The van der Waals surface area contributed by atoms with Crippen LogP contribution in [0.2, 0.25) is 0 Å². The zero-order chi connectivity index (χ0) is 13.2. The van der Waals surface area contributed by atoms with Crippen LogP contribution in [-0.2, 0) is 4.74 Å². The molecule has 1 aliphatic carbocycles. The van der Waals surface area contributed by atoms with Gasteiger partial charge in [0, 0.05) is 6.42 Å². The zero-order valence-electron chi connectivity index (χ0n) is 10.9. The van der Waals surface area contributed by atoms with E-state index in [4.69, 9.17) is 4.74 Å². The number of hydrogen-bond acceptors (Lipinski definition) is 4. The van der Waals surface area contributed by atoms with Crippen LogP contribution in [0.5, 0.6) is 0 Å². The Morgan fingerprint density at radius 2 is 1.82 bits per heavy atom. The Kier molecular flexibility index (Phi) is 4.38. The fraction of sp³-hybridized carbons (Fsp3) is 0.917. The quantitative estimate of drug-likeness (QED) is 0.644. The molecule has 17 heavy (non-hydrogen) atoms. The van der Waals surface area contributed by atoms with Crippen molar-refractivity contribution < 1.29 is 19.7 Å². The monoisotopic (exact) mass is 245 g/mol. The van der Waals surface area contributed by atoms with E-state index in [-0.39, 0.29) is 12.0 Å². The van der Waals surface area contributed by atoms with E-state index in [9.17, 15) is 15.0 Å². The first kappa shape index (κ1) is 14.3. The smallest absolute Gasteiger partial charge is 0.407 e. The first-order chi connectivity index (χ1) is 7.69. The standard InChI is InChI=1S/C12H23NO4/c1-7-5-8(10(15)6-9(7)14)13-11(16)17-12(2,3)4/h7-10,14-15H,5-6H2,1-4H3,(H,13,16)/t7-,8+,9-,10+/m1/s1. The predicted molar refractivity (Wildman–Crippen MR) is 63.6 cm³/mol. The van der Waals surface area contributed by atoms with Crippen LogP contribution < -0.4 is 5.32 Å². The largest absolute Gasteiger partial charge is 0.444 e. The van der Waals surface area contributed by atoms with Crippen LogP contribution in [0.15, 0.2) is 0 Å². The van der Waals surface area contributed by atoms with Crippen molar-refractivity contribution in [3.8, 4) is 0 Å². The summed E-state index contributed by atoms with van der Waals surface area (Å²) in [5.41, 5.74) is -0.547. The Bertz CT molecular complexity index is 274. The molecule has 0 aromatic rings. The fourth-order valence-electron chi connectivity index (χ4n) is 1.97. The first-order valence-corrected chi connectivity index (χ1v) is 6.04. The molecule has 1 saturated carbocycles. The van der Waals surface area contributed by atoms with Gasteiger partial charge in [-0.25, -0.2) is 4.79 Å². The highest BCUT2D eigenvalue weighted by Crippen LogP contribution is 2.25. The minimum absolute atomic E-state index is 0.0679. The van der Waals surface area contributed by atoms with E-state index in [0.717, 1.165) is 0 Å². The summed E-state index contributed by atoms with van der Waals surface area (Å²) in [6.07, 6.45) is -0.885. The summed E-state index contributed by atoms with van der Waals surface area (Å²) in [6, 6.07) is -0.344. The Morgan fingerprint density at radius 1 is 1.24 bits per heavy atom. The second-order valence-corrected chi connectivity index (χ2v) is 5.84. The molecule has 3 N–H and O–H groups in total. The van der Waals surface area contributed by atoms with Crippen molar-refractivity contribution in [1.82, 2.24) is 5.32 Å². The van der Waals surface area contributed by atoms with Gasteiger partial charge in [-0.1, -0.05) is 6.92 Å². The second-order valence-electron chi connectivity index (χ2n) is 5.84. The van der Waals surface area contributed by atoms with E-state index in [2.05, 4.69) is 5.32 Å². The van der Waals surface area contributed by atoms with Gasteiger partial charge in [0.2, 0.25) is 0 Å². The molecule has 0 unspecified atom stereocenters. The summed E-state index contributed by atoms with van der Waals surface area (Å²) in [4.78, 5) is 11.6. The summed E-state index contributed by atoms with van der Waals surface area (Å²) in [5, 5.41) is 22.0. The van der Waals surface area contributed by atoms with Gasteiger partial charge in [0.15, 0.2) is 0 Å². The molecule has 0 bridgehead atoms. The fourth-order valence-corrected chi connectivity index (χ4v) is 1.97. The maximum absolute atomic E-state index is 11.6. The van der Waals surface area contributed by atoms with Crippen LogP contribution in [0.25, 0.3) is 0 Å². The number of nitrogens with one attached hydrogen (secondary N) is 1. The second kappa shape index (κ2) is 5.23. The van der Waals surface area contributed by atoms with E-state index >= 15 is 0 Å². The number of carbonyl (C=O) groups excluding carboxylic acids is 1. The molecule has 0 aliphatic heterocycles. The molecule has 100 valence electrons. The van der Waals surface area contributed by atoms with Gasteiger partial charge in [-0.05, 0) is 33.1 Å². The van der Waals surface area contributed by atoms with Crippen molar-refractivity contribution >= 4 is 6.09 Å². The van der Waals surface area contributed by atoms with Crippen molar-refractivity contribution in [1.29, 1.82) is 0 Å². The lowest BCUT2D eigenvalue weighted by molar-refractivity contribution is -0.0187. The molecule has 0 saturated heterocycles. The molecular formula is C12H23NO4. The summed E-state index contributed by atoms with van der Waals surface area (Å²) in [7, 11) is 0. The van der Waals surface area contributed by atoms with Crippen molar-refractivity contribution in [3.05, 3.63) is 0 Å². The van der Waals surface area contributed by atoms with Gasteiger partial charge in [0.25, 0.3) is 0 Å². The number of aliphatic hydroxyl groups is 2. The number of carbonyl (C=O) groups is 1. The van der Waals surface area contributed by atoms with Gasteiger partial charge in [0.1, 0.15) is 5.60 Å². The molecule has 0 heterocycles. The number of rotatable bonds is 1. The van der Waals surface area contributed by atoms with E-state index in [1.165, 1.54) is 0 Å². The summed E-state index contributed by atoms with van der Waals surface area (Å²) in [6.45, 7) is 7.27. The molecular weight excluding hydrogens is 222 g/mol. The molecule has 4 atom stereocenters. The number of amides is 1. The zero-order valence-corrected chi connectivity index (χ0v) is 10.9. The third-order valence-corrected chi connectivity index (χ3v) is 2.93. The molecule has 1 aliphatic rings. The molecule has 5 heteroatoms. The SMILES string of the molecule is C[C@@H]1C[C@H](NC(=O)OC(C)(C)C)[C@@H](O)C[C@H]1O. The maximum Gasteiger partial charge on any atom is 0.407 e. The van der Waals surface area contributed by atoms with Crippen molar-refractivity contribution in [2.24, 2.45) is 5.92 Å². The van der Waals surface area contributed by atoms with Crippen molar-refractivity contribution in [2.45, 2.75) is 64.4 Å². The lowest BCUT2D eigenvalue weighted by Crippen LogP contribution is -2.51.